The summed E-state index contributed by atoms with van der Waals surface area (Å²) in [4.78, 5) is 4.17. The molecule has 1 aromatic carbocycles. The fourth-order valence-corrected chi connectivity index (χ4v) is 1.57. The topological polar surface area (TPSA) is 49.7 Å². The van der Waals surface area contributed by atoms with E-state index in [0.717, 1.165) is 28.5 Å². The zero-order valence-corrected chi connectivity index (χ0v) is 12.4. The van der Waals surface area contributed by atoms with Crippen LogP contribution >= 0.6 is 0 Å². The van der Waals surface area contributed by atoms with E-state index in [4.69, 9.17) is 3.67 Å². The van der Waals surface area contributed by atoms with Crippen molar-refractivity contribution in [3.05, 3.63) is 23.3 Å². The average Bonchev–Trinajstić information content (AvgIpc) is 2.24. The van der Waals surface area contributed by atoms with E-state index in [9.17, 15) is 5.11 Å². The van der Waals surface area contributed by atoms with E-state index in [1.54, 1.807) is 6.21 Å². The van der Waals surface area contributed by atoms with Gasteiger partial charge in [-0.15, -0.1) is 0 Å². The van der Waals surface area contributed by atoms with Crippen LogP contribution in [0.1, 0.15) is 38.8 Å². The van der Waals surface area contributed by atoms with Gasteiger partial charge in [-0.2, -0.15) is 0 Å². The van der Waals surface area contributed by atoms with Gasteiger partial charge in [-0.05, 0) is 30.9 Å². The minimum atomic E-state index is -0.0614. The zero-order valence-electron chi connectivity index (χ0n) is 11.0. The van der Waals surface area contributed by atoms with Gasteiger partial charge in [0.15, 0.2) is 0 Å². The van der Waals surface area contributed by atoms with Crippen molar-refractivity contribution < 1.29 is 26.1 Å². The summed E-state index contributed by atoms with van der Waals surface area (Å²) >= 11 is 1.06. The molecule has 93 valence electrons. The first-order valence-corrected chi connectivity index (χ1v) is 5.94. The number of aryl methyl sites for hydroxylation is 1. The number of rotatable bonds is 1. The Labute approximate surface area is 112 Å². The molecule has 0 unspecified atom stereocenters. The standard InChI is InChI=1S/C13H19NO.O.V/c1-6-14-11-8-9(2)7-10(12(11)15)13(3,4)5;;/h6-8,15H,1-5H3;;. The summed E-state index contributed by atoms with van der Waals surface area (Å²) in [5, 5.41) is 10.1. The van der Waals surface area contributed by atoms with Gasteiger partial charge in [0.05, 0.1) is 0 Å². The number of nitrogens with zero attached hydrogens (tertiary/aromatic N) is 1. The third-order valence-electron chi connectivity index (χ3n) is 2.31. The number of phenols is 1. The maximum absolute atomic E-state index is 10.1. The molecule has 17 heavy (non-hydrogen) atoms. The molecule has 0 radical (unpaired) electrons. The third kappa shape index (κ3) is 4.45. The van der Waals surface area contributed by atoms with Crippen LogP contribution in [0.25, 0.3) is 0 Å². The van der Waals surface area contributed by atoms with Gasteiger partial charge in [0, 0.05) is 11.8 Å². The van der Waals surface area contributed by atoms with Crippen molar-refractivity contribution in [1.82, 2.24) is 0 Å². The molecule has 1 aromatic rings. The van der Waals surface area contributed by atoms with Gasteiger partial charge in [-0.3, -0.25) is 4.99 Å². The molecule has 0 aliphatic rings. The van der Waals surface area contributed by atoms with Crippen LogP contribution in [0.2, 0.25) is 0 Å². The van der Waals surface area contributed by atoms with Crippen molar-refractivity contribution >= 4 is 11.9 Å². The van der Waals surface area contributed by atoms with E-state index in [2.05, 4.69) is 25.8 Å². The van der Waals surface area contributed by atoms with Gasteiger partial charge in [0.25, 0.3) is 0 Å². The molecule has 0 spiro atoms. The van der Waals surface area contributed by atoms with Crippen LogP contribution < -0.4 is 0 Å². The molecule has 0 aliphatic carbocycles. The maximum atomic E-state index is 10.1. The molecule has 0 atom stereocenters. The minimum absolute atomic E-state index is 0.0614. The second-order valence-corrected chi connectivity index (χ2v) is 4.82. The van der Waals surface area contributed by atoms with Crippen LogP contribution in [0.3, 0.4) is 0 Å². The Balaban J connectivity index is 0.00000121. The fraction of sp³-hybridized carbons (Fsp3) is 0.462. The van der Waals surface area contributed by atoms with Crippen molar-refractivity contribution in [3.63, 3.8) is 0 Å². The summed E-state index contributed by atoms with van der Waals surface area (Å²) in [6, 6.07) is 3.91. The number of hydrogen-bond donors (Lipinski definition) is 1. The first-order chi connectivity index (χ1) is 7.86. The van der Waals surface area contributed by atoms with Crippen LogP contribution in [-0.4, -0.2) is 11.3 Å². The van der Waals surface area contributed by atoms with Gasteiger partial charge < -0.3 is 5.11 Å². The normalized spacial score (nSPS) is 11.1. The summed E-state index contributed by atoms with van der Waals surface area (Å²) in [7, 11) is 0. The molecule has 4 heteroatoms. The van der Waals surface area contributed by atoms with Crippen LogP contribution in [0.5, 0.6) is 5.75 Å². The van der Waals surface area contributed by atoms with E-state index in [1.807, 2.05) is 26.0 Å². The monoisotopic (exact) mass is 272 g/mol. The Morgan fingerprint density at radius 1 is 1.29 bits per heavy atom. The molecule has 0 aromatic heterocycles. The SMILES string of the molecule is CC=Nc1cc(C)cc(C(C)(C)C)c1O.[O]=[V]. The molecule has 0 saturated carbocycles. The Bertz CT molecular complexity index is 409. The molecular weight excluding hydrogens is 253 g/mol. The number of aromatic hydroxyl groups is 1. The molecule has 3 nitrogen and oxygen atoms in total. The molecule has 1 rings (SSSR count). The van der Waals surface area contributed by atoms with Gasteiger partial charge in [0.2, 0.25) is 0 Å². The van der Waals surface area contributed by atoms with Crippen LogP contribution in [0.15, 0.2) is 17.1 Å². The summed E-state index contributed by atoms with van der Waals surface area (Å²) in [6.45, 7) is 10.1. The first-order valence-electron chi connectivity index (χ1n) is 5.37. The van der Waals surface area contributed by atoms with Crippen molar-refractivity contribution in [1.29, 1.82) is 0 Å². The summed E-state index contributed by atoms with van der Waals surface area (Å²) in [5.74, 6) is 0.297. The van der Waals surface area contributed by atoms with Gasteiger partial charge in [-0.25, -0.2) is 0 Å². The number of phenolic OH excluding ortho intramolecular Hbond substituents is 1. The van der Waals surface area contributed by atoms with Crippen molar-refractivity contribution in [3.8, 4) is 5.75 Å². The number of benzene rings is 1. The Kier molecular flexibility index (Phi) is 6.36. The zero-order chi connectivity index (χ0) is 13.6. The predicted octanol–water partition coefficient (Wildman–Crippen LogP) is 3.60. The van der Waals surface area contributed by atoms with E-state index in [1.165, 1.54) is 0 Å². The van der Waals surface area contributed by atoms with Crippen LogP contribution in [-0.2, 0) is 26.5 Å². The molecule has 0 fully saturated rings. The molecule has 0 aliphatic heterocycles. The average molecular weight is 272 g/mol. The second kappa shape index (κ2) is 6.72. The summed E-state index contributed by atoms with van der Waals surface area (Å²) in [5.41, 5.74) is 2.66. The van der Waals surface area contributed by atoms with E-state index in [0.29, 0.717) is 11.4 Å². The predicted molar refractivity (Wildman–Crippen MR) is 66.1 cm³/mol. The van der Waals surface area contributed by atoms with Gasteiger partial charge in [0.1, 0.15) is 11.4 Å². The Hall–Kier alpha value is -0.926. The van der Waals surface area contributed by atoms with E-state index in [-0.39, 0.29) is 5.41 Å². The molecule has 0 saturated heterocycles. The quantitative estimate of drug-likeness (QED) is 0.794. The molecule has 0 heterocycles. The third-order valence-corrected chi connectivity index (χ3v) is 2.31. The Morgan fingerprint density at radius 3 is 2.24 bits per heavy atom. The van der Waals surface area contributed by atoms with Gasteiger partial charge in [-0.1, -0.05) is 26.8 Å². The molecular formula is C13H19NO2V. The molecule has 0 bridgehead atoms. The van der Waals surface area contributed by atoms with Crippen LogP contribution in [0, 0.1) is 6.92 Å². The van der Waals surface area contributed by atoms with E-state index < -0.39 is 0 Å². The van der Waals surface area contributed by atoms with Crippen LogP contribution in [0.4, 0.5) is 5.69 Å². The summed E-state index contributed by atoms with van der Waals surface area (Å²) in [6.07, 6.45) is 1.70. The van der Waals surface area contributed by atoms with E-state index >= 15 is 0 Å². The molecule has 0 amide bonds. The van der Waals surface area contributed by atoms with Crippen molar-refractivity contribution in [2.75, 3.05) is 0 Å². The van der Waals surface area contributed by atoms with Crippen molar-refractivity contribution in [2.24, 2.45) is 4.99 Å². The number of aliphatic imine (C=N–C) groups is 1. The second-order valence-electron chi connectivity index (χ2n) is 4.82. The summed E-state index contributed by atoms with van der Waals surface area (Å²) < 4.78 is 8.19. The first kappa shape index (κ1) is 16.1. The number of hydrogen-bond acceptors (Lipinski definition) is 3. The molecule has 1 N–H and O–H groups in total. The fourth-order valence-electron chi connectivity index (χ4n) is 1.57. The van der Waals surface area contributed by atoms with Gasteiger partial charge >= 0.3 is 21.0 Å². The van der Waals surface area contributed by atoms with Crippen molar-refractivity contribution in [2.45, 2.75) is 40.0 Å². The Morgan fingerprint density at radius 2 is 1.82 bits per heavy atom.